The van der Waals surface area contributed by atoms with Crippen LogP contribution in [0.25, 0.3) is 27.5 Å². The van der Waals surface area contributed by atoms with E-state index < -0.39 is 24.0 Å². The SMILES string of the molecule is Fc1cccc2c(C3=CCN(CC4COc5ccc6[nH]c(C(F)(F)C(F)(F)F)nc6c5O4)CC3)c[nH]c12. The van der Waals surface area contributed by atoms with Gasteiger partial charge >= 0.3 is 12.1 Å². The van der Waals surface area contributed by atoms with E-state index in [4.69, 9.17) is 9.47 Å². The fraction of sp³-hybridized carbons (Fsp3) is 0.320. The summed E-state index contributed by atoms with van der Waals surface area (Å²) in [6, 6.07) is 7.72. The molecule has 1 unspecified atom stereocenters. The van der Waals surface area contributed by atoms with Gasteiger partial charge in [-0.05, 0) is 30.2 Å². The third kappa shape index (κ3) is 3.99. The van der Waals surface area contributed by atoms with Crippen LogP contribution in [0.3, 0.4) is 0 Å². The predicted octanol–water partition coefficient (Wildman–Crippen LogP) is 5.77. The maximum Gasteiger partial charge on any atom is 0.461 e. The van der Waals surface area contributed by atoms with Crippen molar-refractivity contribution in [3.8, 4) is 11.5 Å². The van der Waals surface area contributed by atoms with Gasteiger partial charge in [-0.1, -0.05) is 18.2 Å². The van der Waals surface area contributed by atoms with Crippen LogP contribution in [0.2, 0.25) is 0 Å². The van der Waals surface area contributed by atoms with Crippen molar-refractivity contribution < 1.29 is 35.8 Å². The maximum absolute atomic E-state index is 14.0. The van der Waals surface area contributed by atoms with E-state index in [9.17, 15) is 26.3 Å². The third-order valence-corrected chi connectivity index (χ3v) is 6.70. The van der Waals surface area contributed by atoms with Gasteiger partial charge < -0.3 is 19.4 Å². The number of aromatic nitrogens is 3. The van der Waals surface area contributed by atoms with E-state index in [0.717, 1.165) is 16.5 Å². The van der Waals surface area contributed by atoms with Crippen LogP contribution in [0.1, 0.15) is 17.8 Å². The van der Waals surface area contributed by atoms with E-state index in [2.05, 4.69) is 25.9 Å². The Morgan fingerprint density at radius 1 is 1.11 bits per heavy atom. The average molecular weight is 522 g/mol. The van der Waals surface area contributed by atoms with Gasteiger partial charge in [-0.15, -0.1) is 0 Å². The summed E-state index contributed by atoms with van der Waals surface area (Å²) < 4.78 is 91.9. The number of benzene rings is 2. The lowest BCUT2D eigenvalue weighted by molar-refractivity contribution is -0.292. The summed E-state index contributed by atoms with van der Waals surface area (Å²) in [6.45, 7) is 1.91. The Morgan fingerprint density at radius 2 is 1.95 bits per heavy atom. The number of aromatic amines is 2. The van der Waals surface area contributed by atoms with E-state index in [0.29, 0.717) is 31.6 Å². The van der Waals surface area contributed by atoms with Crippen LogP contribution in [0.4, 0.5) is 26.3 Å². The van der Waals surface area contributed by atoms with Crippen LogP contribution < -0.4 is 9.47 Å². The molecule has 4 heterocycles. The van der Waals surface area contributed by atoms with Crippen molar-refractivity contribution in [3.63, 3.8) is 0 Å². The smallest absolute Gasteiger partial charge is 0.461 e. The summed E-state index contributed by atoms with van der Waals surface area (Å²) in [6.07, 6.45) is -1.70. The Morgan fingerprint density at radius 3 is 2.70 bits per heavy atom. The first-order valence-corrected chi connectivity index (χ1v) is 11.6. The van der Waals surface area contributed by atoms with Crippen molar-refractivity contribution in [1.29, 1.82) is 0 Å². The van der Waals surface area contributed by atoms with Crippen LogP contribution in [-0.2, 0) is 5.92 Å². The van der Waals surface area contributed by atoms with Gasteiger partial charge in [-0.2, -0.15) is 22.0 Å². The number of para-hydroxylation sites is 1. The Kier molecular flexibility index (Phi) is 5.41. The van der Waals surface area contributed by atoms with Crippen LogP contribution in [-0.4, -0.2) is 58.4 Å². The number of alkyl halides is 5. The fourth-order valence-corrected chi connectivity index (χ4v) is 4.81. The van der Waals surface area contributed by atoms with Gasteiger partial charge in [0, 0.05) is 36.8 Å². The zero-order valence-electron chi connectivity index (χ0n) is 19.1. The number of ether oxygens (including phenoxy) is 2. The zero-order chi connectivity index (χ0) is 25.9. The van der Waals surface area contributed by atoms with Crippen molar-refractivity contribution in [2.45, 2.75) is 24.6 Å². The average Bonchev–Trinajstić information content (AvgIpc) is 3.50. The first kappa shape index (κ1) is 23.7. The van der Waals surface area contributed by atoms with E-state index in [1.54, 1.807) is 12.3 Å². The number of H-pyrrole nitrogens is 2. The zero-order valence-corrected chi connectivity index (χ0v) is 19.1. The van der Waals surface area contributed by atoms with Crippen molar-refractivity contribution in [3.05, 3.63) is 59.8 Å². The minimum absolute atomic E-state index is 0.0114. The van der Waals surface area contributed by atoms with Crippen molar-refractivity contribution in [1.82, 2.24) is 19.9 Å². The minimum Gasteiger partial charge on any atom is -0.486 e. The molecule has 0 bridgehead atoms. The molecular weight excluding hydrogens is 502 g/mol. The second kappa shape index (κ2) is 8.44. The molecule has 2 aliphatic heterocycles. The lowest BCUT2D eigenvalue weighted by atomic mass is 9.98. The molecule has 6 nitrogen and oxygen atoms in total. The fourth-order valence-electron chi connectivity index (χ4n) is 4.81. The molecule has 194 valence electrons. The highest BCUT2D eigenvalue weighted by Gasteiger charge is 2.61. The molecule has 2 aliphatic rings. The lowest BCUT2D eigenvalue weighted by Gasteiger charge is -2.32. The second-order valence-corrected chi connectivity index (χ2v) is 9.10. The van der Waals surface area contributed by atoms with Gasteiger partial charge in [0.1, 0.15) is 24.0 Å². The highest BCUT2D eigenvalue weighted by molar-refractivity contribution is 5.93. The van der Waals surface area contributed by atoms with Crippen LogP contribution >= 0.6 is 0 Å². The monoisotopic (exact) mass is 522 g/mol. The largest absolute Gasteiger partial charge is 0.486 e. The molecule has 4 aromatic rings. The van der Waals surface area contributed by atoms with E-state index in [1.165, 1.54) is 18.2 Å². The first-order chi connectivity index (χ1) is 17.6. The molecule has 0 aliphatic carbocycles. The van der Waals surface area contributed by atoms with Crippen LogP contribution in [0, 0.1) is 5.82 Å². The molecule has 1 atom stereocenters. The summed E-state index contributed by atoms with van der Waals surface area (Å²) in [7, 11) is 0. The Bertz CT molecular complexity index is 1520. The number of hydrogen-bond donors (Lipinski definition) is 2. The summed E-state index contributed by atoms with van der Waals surface area (Å²) in [5.74, 6) is -6.69. The molecule has 0 radical (unpaired) electrons. The van der Waals surface area contributed by atoms with E-state index >= 15 is 0 Å². The third-order valence-electron chi connectivity index (χ3n) is 6.70. The normalized spacial score (nSPS) is 19.0. The summed E-state index contributed by atoms with van der Waals surface area (Å²) in [5.41, 5.74) is 2.35. The molecule has 2 aromatic heterocycles. The number of fused-ring (bicyclic) bond motifs is 4. The maximum atomic E-state index is 14.0. The number of nitrogens with one attached hydrogen (secondary N) is 2. The molecule has 37 heavy (non-hydrogen) atoms. The van der Waals surface area contributed by atoms with Gasteiger partial charge in [-0.3, -0.25) is 4.90 Å². The van der Waals surface area contributed by atoms with Gasteiger partial charge in [0.25, 0.3) is 0 Å². The molecule has 6 rings (SSSR count). The summed E-state index contributed by atoms with van der Waals surface area (Å²) >= 11 is 0. The van der Waals surface area contributed by atoms with E-state index in [-0.39, 0.29) is 35.0 Å². The van der Waals surface area contributed by atoms with Gasteiger partial charge in [-0.25, -0.2) is 9.37 Å². The minimum atomic E-state index is -5.79. The van der Waals surface area contributed by atoms with Crippen LogP contribution in [0.5, 0.6) is 11.5 Å². The lowest BCUT2D eigenvalue weighted by Crippen LogP contribution is -2.42. The molecule has 2 N–H and O–H groups in total. The number of halogens is 6. The Labute approximate surface area is 205 Å². The molecular formula is C25H20F6N4O2. The standard InChI is InChI=1S/C25H20F6N4O2/c26-17-3-1-2-15-16(10-32-20(15)17)13-6-8-35(9-7-13)11-14-12-36-19-5-4-18-21(22(19)37-14)34-23(33-18)24(27,28)25(29,30)31/h1-6,10,14,32H,7-9,11-12H2,(H,33,34). The summed E-state index contributed by atoms with van der Waals surface area (Å²) in [4.78, 5) is 10.7. The number of nitrogens with zero attached hydrogens (tertiary/aromatic N) is 2. The number of rotatable bonds is 4. The summed E-state index contributed by atoms with van der Waals surface area (Å²) in [5, 5.41) is 0.818. The van der Waals surface area contributed by atoms with Crippen molar-refractivity contribution in [2.24, 2.45) is 0 Å². The second-order valence-electron chi connectivity index (χ2n) is 9.10. The van der Waals surface area contributed by atoms with Crippen LogP contribution in [0.15, 0.2) is 42.6 Å². The highest BCUT2D eigenvalue weighted by Crippen LogP contribution is 2.45. The molecule has 0 saturated carbocycles. The number of imidazole rings is 1. The molecule has 12 heteroatoms. The van der Waals surface area contributed by atoms with Crippen molar-refractivity contribution in [2.75, 3.05) is 26.2 Å². The quantitative estimate of drug-likeness (QED) is 0.334. The topological polar surface area (TPSA) is 66.2 Å². The molecule has 0 amide bonds. The molecule has 0 spiro atoms. The van der Waals surface area contributed by atoms with Gasteiger partial charge in [0.2, 0.25) is 0 Å². The van der Waals surface area contributed by atoms with Gasteiger partial charge in [0.05, 0.1) is 11.0 Å². The predicted molar refractivity (Wildman–Crippen MR) is 123 cm³/mol. The van der Waals surface area contributed by atoms with Crippen molar-refractivity contribution >= 4 is 27.5 Å². The molecule has 0 fully saturated rings. The molecule has 0 saturated heterocycles. The van der Waals surface area contributed by atoms with E-state index in [1.807, 2.05) is 6.07 Å². The first-order valence-electron chi connectivity index (χ1n) is 11.6. The Hall–Kier alpha value is -3.67. The van der Waals surface area contributed by atoms with Gasteiger partial charge in [0.15, 0.2) is 17.3 Å². The highest BCUT2D eigenvalue weighted by atomic mass is 19.4. The molecule has 2 aromatic carbocycles. The number of hydrogen-bond acceptors (Lipinski definition) is 4. The Balaban J connectivity index is 1.18.